The van der Waals surface area contributed by atoms with E-state index in [0.29, 0.717) is 26.2 Å². The predicted molar refractivity (Wildman–Crippen MR) is 72.7 cm³/mol. The van der Waals surface area contributed by atoms with Crippen molar-refractivity contribution in [3.05, 3.63) is 0 Å². The molecule has 0 radical (unpaired) electrons. The maximum Gasteiger partial charge on any atom is 0.329 e. The summed E-state index contributed by atoms with van der Waals surface area (Å²) in [6, 6.07) is -0.471. The lowest BCUT2D eigenvalue weighted by Crippen LogP contribution is -2.59. The van der Waals surface area contributed by atoms with E-state index in [1.807, 2.05) is 13.8 Å². The van der Waals surface area contributed by atoms with Crippen LogP contribution >= 0.6 is 0 Å². The zero-order chi connectivity index (χ0) is 15.2. The molecule has 0 saturated carbocycles. The fourth-order valence-electron chi connectivity index (χ4n) is 1.95. The second kappa shape index (κ2) is 6.90. The van der Waals surface area contributed by atoms with Gasteiger partial charge in [0.05, 0.1) is 5.60 Å². The van der Waals surface area contributed by atoms with Gasteiger partial charge < -0.3 is 25.2 Å². The first-order valence-corrected chi connectivity index (χ1v) is 6.74. The van der Waals surface area contributed by atoms with Crippen LogP contribution in [0, 0.1) is 0 Å². The van der Waals surface area contributed by atoms with Crippen molar-refractivity contribution < 1.29 is 24.2 Å². The summed E-state index contributed by atoms with van der Waals surface area (Å²) in [7, 11) is 1.61. The van der Waals surface area contributed by atoms with Gasteiger partial charge in [0.25, 0.3) is 0 Å². The zero-order valence-corrected chi connectivity index (χ0v) is 12.3. The van der Waals surface area contributed by atoms with E-state index in [1.165, 1.54) is 0 Å². The van der Waals surface area contributed by atoms with Crippen molar-refractivity contribution >= 4 is 12.0 Å². The molecule has 1 rings (SSSR count). The van der Waals surface area contributed by atoms with Crippen LogP contribution in [-0.4, -0.2) is 55.1 Å². The Bertz CT molecular complexity index is 351. The smallest absolute Gasteiger partial charge is 0.329 e. The fourth-order valence-corrected chi connectivity index (χ4v) is 1.95. The molecule has 7 nitrogen and oxygen atoms in total. The molecule has 1 heterocycles. The summed E-state index contributed by atoms with van der Waals surface area (Å²) >= 11 is 0. The van der Waals surface area contributed by atoms with E-state index >= 15 is 0 Å². The molecule has 0 unspecified atom stereocenters. The first kappa shape index (κ1) is 16.7. The Labute approximate surface area is 119 Å². The van der Waals surface area contributed by atoms with Crippen LogP contribution in [0.3, 0.4) is 0 Å². The monoisotopic (exact) mass is 288 g/mol. The Morgan fingerprint density at radius 3 is 2.45 bits per heavy atom. The highest BCUT2D eigenvalue weighted by Crippen LogP contribution is 2.21. The third-order valence-electron chi connectivity index (χ3n) is 3.67. The highest BCUT2D eigenvalue weighted by atomic mass is 16.5. The summed E-state index contributed by atoms with van der Waals surface area (Å²) in [5, 5.41) is 14.5. The van der Waals surface area contributed by atoms with Gasteiger partial charge in [-0.15, -0.1) is 0 Å². The summed E-state index contributed by atoms with van der Waals surface area (Å²) in [5.74, 6) is -1.02. The van der Waals surface area contributed by atoms with Crippen molar-refractivity contribution in [3.63, 3.8) is 0 Å². The van der Waals surface area contributed by atoms with Gasteiger partial charge in [0.2, 0.25) is 0 Å². The first-order chi connectivity index (χ1) is 9.31. The minimum atomic E-state index is -1.22. The molecule has 0 aromatic carbocycles. The number of carboxylic acid groups (broad SMARTS) is 1. The van der Waals surface area contributed by atoms with Crippen LogP contribution in [0.4, 0.5) is 4.79 Å². The number of ether oxygens (including phenoxy) is 2. The lowest BCUT2D eigenvalue weighted by molar-refractivity contribution is -0.148. The maximum absolute atomic E-state index is 11.8. The summed E-state index contributed by atoms with van der Waals surface area (Å²) in [6.45, 7) is 4.93. The van der Waals surface area contributed by atoms with Crippen molar-refractivity contribution in [2.45, 2.75) is 44.2 Å². The van der Waals surface area contributed by atoms with Gasteiger partial charge in [-0.3, -0.25) is 0 Å². The van der Waals surface area contributed by atoms with Crippen LogP contribution in [0.5, 0.6) is 0 Å². The van der Waals surface area contributed by atoms with Gasteiger partial charge in [0.15, 0.2) is 0 Å². The Morgan fingerprint density at radius 1 is 1.35 bits per heavy atom. The Balaban J connectivity index is 2.45. The molecule has 116 valence electrons. The normalized spacial score (nSPS) is 18.4. The third kappa shape index (κ3) is 4.64. The molecule has 1 aliphatic rings. The Hall–Kier alpha value is -1.34. The average molecular weight is 288 g/mol. The van der Waals surface area contributed by atoms with E-state index in [9.17, 15) is 14.7 Å². The summed E-state index contributed by atoms with van der Waals surface area (Å²) in [6.07, 6.45) is 1.19. The van der Waals surface area contributed by atoms with Crippen LogP contribution in [0.1, 0.15) is 33.1 Å². The summed E-state index contributed by atoms with van der Waals surface area (Å²) in [4.78, 5) is 23.2. The second-order valence-electron chi connectivity index (χ2n) is 5.59. The quantitative estimate of drug-likeness (QED) is 0.669. The van der Waals surface area contributed by atoms with Crippen LogP contribution in [0.25, 0.3) is 0 Å². The molecule has 0 aliphatic carbocycles. The number of hydrogen-bond donors (Lipinski definition) is 3. The van der Waals surface area contributed by atoms with Crippen LogP contribution < -0.4 is 10.6 Å². The highest BCUT2D eigenvalue weighted by molar-refractivity contribution is 5.86. The van der Waals surface area contributed by atoms with E-state index in [0.717, 1.165) is 0 Å². The number of amides is 2. The number of rotatable bonds is 6. The molecule has 1 fully saturated rings. The molecule has 3 N–H and O–H groups in total. The molecule has 0 bridgehead atoms. The van der Waals surface area contributed by atoms with E-state index in [1.54, 1.807) is 7.11 Å². The number of urea groups is 1. The number of carbonyl (C=O) groups is 2. The van der Waals surface area contributed by atoms with Gasteiger partial charge in [0, 0.05) is 39.7 Å². The molecule has 20 heavy (non-hydrogen) atoms. The minimum absolute atomic E-state index is 0.277. The molecule has 0 aromatic heterocycles. The Morgan fingerprint density at radius 2 is 1.95 bits per heavy atom. The SMILES string of the molecule is COC(C)(C)CCNC(=O)NC1(C(=O)O)CCOCC1. The van der Waals surface area contributed by atoms with Crippen molar-refractivity contribution in [1.29, 1.82) is 0 Å². The van der Waals surface area contributed by atoms with Gasteiger partial charge in [-0.25, -0.2) is 9.59 Å². The van der Waals surface area contributed by atoms with Crippen molar-refractivity contribution in [2.24, 2.45) is 0 Å². The largest absolute Gasteiger partial charge is 0.480 e. The predicted octanol–water partition coefficient (Wildman–Crippen LogP) is 0.735. The molecular weight excluding hydrogens is 264 g/mol. The van der Waals surface area contributed by atoms with Crippen molar-refractivity contribution in [1.82, 2.24) is 10.6 Å². The van der Waals surface area contributed by atoms with Crippen LogP contribution in [-0.2, 0) is 14.3 Å². The molecule has 1 saturated heterocycles. The van der Waals surface area contributed by atoms with E-state index in [2.05, 4.69) is 10.6 Å². The van der Waals surface area contributed by atoms with Crippen molar-refractivity contribution in [3.8, 4) is 0 Å². The molecule has 2 amide bonds. The van der Waals surface area contributed by atoms with Gasteiger partial charge in [-0.05, 0) is 20.3 Å². The van der Waals surface area contributed by atoms with Crippen molar-refractivity contribution in [2.75, 3.05) is 26.9 Å². The topological polar surface area (TPSA) is 96.9 Å². The van der Waals surface area contributed by atoms with Gasteiger partial charge in [-0.1, -0.05) is 0 Å². The average Bonchev–Trinajstić information content (AvgIpc) is 2.39. The summed E-state index contributed by atoms with van der Waals surface area (Å²) < 4.78 is 10.4. The van der Waals surface area contributed by atoms with Crippen LogP contribution in [0.2, 0.25) is 0 Å². The number of carboxylic acids is 1. The zero-order valence-electron chi connectivity index (χ0n) is 12.3. The van der Waals surface area contributed by atoms with Gasteiger partial charge in [-0.2, -0.15) is 0 Å². The molecule has 0 atom stereocenters. The van der Waals surface area contributed by atoms with E-state index in [4.69, 9.17) is 9.47 Å². The number of nitrogens with one attached hydrogen (secondary N) is 2. The molecule has 7 heteroatoms. The summed E-state index contributed by atoms with van der Waals surface area (Å²) in [5.41, 5.74) is -1.55. The van der Waals surface area contributed by atoms with E-state index in [-0.39, 0.29) is 18.4 Å². The minimum Gasteiger partial charge on any atom is -0.480 e. The highest BCUT2D eigenvalue weighted by Gasteiger charge is 2.41. The maximum atomic E-state index is 11.8. The second-order valence-corrected chi connectivity index (χ2v) is 5.59. The third-order valence-corrected chi connectivity index (χ3v) is 3.67. The molecule has 1 aliphatic heterocycles. The number of hydrogen-bond acceptors (Lipinski definition) is 4. The van der Waals surface area contributed by atoms with E-state index < -0.39 is 17.5 Å². The first-order valence-electron chi connectivity index (χ1n) is 6.74. The number of carbonyl (C=O) groups excluding carboxylic acids is 1. The van der Waals surface area contributed by atoms with Gasteiger partial charge >= 0.3 is 12.0 Å². The molecule has 0 spiro atoms. The fraction of sp³-hybridized carbons (Fsp3) is 0.846. The van der Waals surface area contributed by atoms with Gasteiger partial charge in [0.1, 0.15) is 5.54 Å². The lowest BCUT2D eigenvalue weighted by Gasteiger charge is -2.34. The number of methoxy groups -OCH3 is 1. The molecular formula is C13H24N2O5. The lowest BCUT2D eigenvalue weighted by atomic mass is 9.90. The number of aliphatic carboxylic acids is 1. The standard InChI is InChI=1S/C13H24N2O5/c1-12(2,19-3)4-7-14-11(18)15-13(10(16)17)5-8-20-9-6-13/h4-9H2,1-3H3,(H,16,17)(H2,14,15,18). The molecule has 0 aromatic rings. The Kier molecular flexibility index (Phi) is 5.76. The van der Waals surface area contributed by atoms with Crippen LogP contribution in [0.15, 0.2) is 0 Å².